The van der Waals surface area contributed by atoms with E-state index in [9.17, 15) is 0 Å². The van der Waals surface area contributed by atoms with E-state index in [1.54, 1.807) is 6.26 Å². The van der Waals surface area contributed by atoms with Gasteiger partial charge in [-0.3, -0.25) is 13.7 Å². The van der Waals surface area contributed by atoms with Gasteiger partial charge in [0, 0.05) is 22.4 Å². The molecular weight excluding hydrogens is 589 g/mol. The lowest BCUT2D eigenvalue weighted by molar-refractivity contribution is -0.572. The Morgan fingerprint density at radius 3 is 2.33 bits per heavy atom. The summed E-state index contributed by atoms with van der Waals surface area (Å²) >= 11 is 0. The minimum absolute atomic E-state index is 0.0348. The van der Waals surface area contributed by atoms with Gasteiger partial charge in [0.1, 0.15) is 0 Å². The molecule has 0 aliphatic heterocycles. The number of aromatic nitrogens is 4. The van der Waals surface area contributed by atoms with E-state index in [1.807, 2.05) is 24.4 Å². The lowest BCUT2D eigenvalue weighted by Crippen LogP contribution is -2.29. The molecule has 4 heterocycles. The van der Waals surface area contributed by atoms with E-state index in [0.717, 1.165) is 56.6 Å². The molecule has 0 spiro atoms. The van der Waals surface area contributed by atoms with Gasteiger partial charge in [0.05, 0.1) is 39.7 Å². The van der Waals surface area contributed by atoms with E-state index in [-0.39, 0.29) is 5.41 Å². The summed E-state index contributed by atoms with van der Waals surface area (Å²) in [6, 6.07) is 45.4. The number of furan rings is 1. The highest BCUT2D eigenvalue weighted by molar-refractivity contribution is 6.10. The van der Waals surface area contributed by atoms with Gasteiger partial charge < -0.3 is 4.42 Å². The average Bonchev–Trinajstić information content (AvgIpc) is 3.82. The first-order valence-corrected chi connectivity index (χ1v) is 16.4. The Morgan fingerprint density at radius 1 is 0.708 bits per heavy atom. The summed E-state index contributed by atoms with van der Waals surface area (Å²) in [5, 5.41) is 3.43. The van der Waals surface area contributed by atoms with E-state index < -0.39 is 0 Å². The van der Waals surface area contributed by atoms with Crippen molar-refractivity contribution in [1.29, 1.82) is 0 Å². The molecule has 0 N–H and O–H groups in total. The number of fused-ring (bicyclic) bond motifs is 5. The second-order valence-corrected chi connectivity index (χ2v) is 13.6. The lowest BCUT2D eigenvalue weighted by Gasteiger charge is -2.22. The Balaban J connectivity index is 1.20. The third-order valence-electron chi connectivity index (χ3n) is 9.39. The molecule has 9 rings (SSSR count). The molecular formula is C43H34N4O. The van der Waals surface area contributed by atoms with Gasteiger partial charge in [0.15, 0.2) is 11.4 Å². The Bertz CT molecular complexity index is 2630. The van der Waals surface area contributed by atoms with Crippen LogP contribution < -0.4 is 4.57 Å². The maximum atomic E-state index is 5.97. The number of nitrogens with zero attached hydrogens (tertiary/aromatic N) is 4. The Morgan fingerprint density at radius 2 is 1.48 bits per heavy atom. The molecule has 232 valence electrons. The molecule has 0 aliphatic carbocycles. The first-order chi connectivity index (χ1) is 23.4. The highest BCUT2D eigenvalue weighted by atomic mass is 16.3. The summed E-state index contributed by atoms with van der Waals surface area (Å²) in [4.78, 5) is 4.83. The second kappa shape index (κ2) is 10.8. The minimum Gasteiger partial charge on any atom is -0.460 e. The van der Waals surface area contributed by atoms with E-state index >= 15 is 0 Å². The predicted molar refractivity (Wildman–Crippen MR) is 193 cm³/mol. The zero-order valence-electron chi connectivity index (χ0n) is 27.2. The van der Waals surface area contributed by atoms with Crippen molar-refractivity contribution in [3.63, 3.8) is 0 Å². The van der Waals surface area contributed by atoms with Crippen molar-refractivity contribution in [3.05, 3.63) is 163 Å². The molecule has 0 radical (unpaired) electrons. The fraction of sp³-hybridized carbons (Fsp3) is 0.116. The molecule has 0 atom stereocenters. The van der Waals surface area contributed by atoms with Crippen LogP contribution in [0.2, 0.25) is 0 Å². The summed E-state index contributed by atoms with van der Waals surface area (Å²) < 4.78 is 12.6. The normalized spacial score (nSPS) is 12.1. The van der Waals surface area contributed by atoms with Gasteiger partial charge in [-0.05, 0) is 77.1 Å². The quantitative estimate of drug-likeness (QED) is 0.142. The van der Waals surface area contributed by atoms with Gasteiger partial charge >= 0.3 is 0 Å². The van der Waals surface area contributed by atoms with Crippen molar-refractivity contribution in [2.45, 2.75) is 32.6 Å². The SMILES string of the molecule is CC(C)(C)c1cc(Cc2ccc3c4ccccc4n(-c4nccc5ccoc45)c3c2)cc(-n2[c-][n+](-c3ccccc3)c3ccccc32)c1. The van der Waals surface area contributed by atoms with Crippen LogP contribution in [0, 0.1) is 6.33 Å². The molecule has 9 aromatic rings. The number of hydrogen-bond donors (Lipinski definition) is 0. The first kappa shape index (κ1) is 28.3. The molecule has 5 aromatic carbocycles. The van der Waals surface area contributed by atoms with Gasteiger partial charge in [-0.1, -0.05) is 99.6 Å². The van der Waals surface area contributed by atoms with Crippen molar-refractivity contribution in [1.82, 2.24) is 14.1 Å². The summed E-state index contributed by atoms with van der Waals surface area (Å²) in [5.41, 5.74) is 11.2. The average molecular weight is 623 g/mol. The van der Waals surface area contributed by atoms with E-state index in [1.165, 1.54) is 27.5 Å². The Kier molecular flexibility index (Phi) is 6.37. The van der Waals surface area contributed by atoms with Crippen LogP contribution in [0.3, 0.4) is 0 Å². The zero-order chi connectivity index (χ0) is 32.4. The van der Waals surface area contributed by atoms with Crippen LogP contribution in [0.1, 0.15) is 37.5 Å². The fourth-order valence-corrected chi connectivity index (χ4v) is 6.99. The van der Waals surface area contributed by atoms with E-state index in [0.29, 0.717) is 0 Å². The summed E-state index contributed by atoms with van der Waals surface area (Å²) in [7, 11) is 0. The minimum atomic E-state index is -0.0348. The zero-order valence-corrected chi connectivity index (χ0v) is 27.2. The van der Waals surface area contributed by atoms with Crippen LogP contribution in [0.5, 0.6) is 0 Å². The standard InChI is InChI=1S/C43H34N4O/c1-43(2,3)32-24-30(25-34(27-32)46-28-45(33-11-5-4-6-12-33)38-15-9-10-16-39(38)46)23-29-17-18-36-35-13-7-8-14-37(35)47(40(36)26-29)42-41-31(19-21-44-42)20-22-48-41/h4-22,24-27H,23H2,1-3H3. The van der Waals surface area contributed by atoms with Crippen LogP contribution >= 0.6 is 0 Å². The third kappa shape index (κ3) is 4.62. The topological polar surface area (TPSA) is 39.8 Å². The van der Waals surface area contributed by atoms with Gasteiger partial charge in [0.2, 0.25) is 0 Å². The number of hydrogen-bond acceptors (Lipinski definition) is 2. The van der Waals surface area contributed by atoms with Crippen LogP contribution in [0.15, 0.2) is 144 Å². The lowest BCUT2D eigenvalue weighted by atomic mass is 9.85. The largest absolute Gasteiger partial charge is 0.460 e. The van der Waals surface area contributed by atoms with Gasteiger partial charge in [-0.15, -0.1) is 0 Å². The molecule has 0 unspecified atom stereocenters. The second-order valence-electron chi connectivity index (χ2n) is 13.6. The molecule has 0 saturated heterocycles. The van der Waals surface area contributed by atoms with Crippen molar-refractivity contribution in [3.8, 4) is 17.2 Å². The number of pyridine rings is 1. The molecule has 5 nitrogen and oxygen atoms in total. The third-order valence-corrected chi connectivity index (χ3v) is 9.39. The van der Waals surface area contributed by atoms with Crippen molar-refractivity contribution >= 4 is 43.8 Å². The fourth-order valence-electron chi connectivity index (χ4n) is 6.99. The highest BCUT2D eigenvalue weighted by Gasteiger charge is 2.20. The number of benzene rings is 5. The van der Waals surface area contributed by atoms with Crippen LogP contribution in [0.25, 0.3) is 61.0 Å². The van der Waals surface area contributed by atoms with Crippen LogP contribution in [-0.4, -0.2) is 14.1 Å². The van der Waals surface area contributed by atoms with Gasteiger partial charge in [-0.2, -0.15) is 0 Å². The number of rotatable bonds is 5. The molecule has 4 aromatic heterocycles. The molecule has 0 bridgehead atoms. The molecule has 0 fully saturated rings. The van der Waals surface area contributed by atoms with E-state index in [4.69, 9.17) is 9.40 Å². The van der Waals surface area contributed by atoms with Gasteiger partial charge in [-0.25, -0.2) is 4.98 Å². The Hall–Kier alpha value is -5.94. The Labute approximate surface area is 278 Å². The monoisotopic (exact) mass is 622 g/mol. The first-order valence-electron chi connectivity index (χ1n) is 16.4. The van der Waals surface area contributed by atoms with Crippen molar-refractivity contribution in [2.75, 3.05) is 0 Å². The van der Waals surface area contributed by atoms with Crippen LogP contribution in [-0.2, 0) is 11.8 Å². The van der Waals surface area contributed by atoms with Gasteiger partial charge in [0.25, 0.3) is 6.33 Å². The maximum Gasteiger partial charge on any atom is 0.269 e. The summed E-state index contributed by atoms with van der Waals surface area (Å²) in [6.07, 6.45) is 8.07. The number of para-hydroxylation sites is 4. The summed E-state index contributed by atoms with van der Waals surface area (Å²) in [6.45, 7) is 6.85. The molecule has 0 amide bonds. The van der Waals surface area contributed by atoms with Crippen LogP contribution in [0.4, 0.5) is 0 Å². The highest BCUT2D eigenvalue weighted by Crippen LogP contribution is 2.35. The molecule has 5 heteroatoms. The molecule has 48 heavy (non-hydrogen) atoms. The molecule has 0 saturated carbocycles. The van der Waals surface area contributed by atoms with Crippen molar-refractivity contribution < 1.29 is 8.98 Å². The van der Waals surface area contributed by atoms with E-state index in [2.05, 4.69) is 150 Å². The maximum absolute atomic E-state index is 5.97. The number of imidazole rings is 1. The summed E-state index contributed by atoms with van der Waals surface area (Å²) in [5.74, 6) is 0.805. The van der Waals surface area contributed by atoms with Crippen molar-refractivity contribution in [2.24, 2.45) is 0 Å². The predicted octanol–water partition coefficient (Wildman–Crippen LogP) is 9.83. The molecule has 0 aliphatic rings. The smallest absolute Gasteiger partial charge is 0.269 e.